The zero-order valence-corrected chi connectivity index (χ0v) is 8.14. The predicted molar refractivity (Wildman–Crippen MR) is 57.7 cm³/mol. The van der Waals surface area contributed by atoms with Gasteiger partial charge in [0.15, 0.2) is 0 Å². The van der Waals surface area contributed by atoms with Gasteiger partial charge < -0.3 is 5.32 Å². The highest BCUT2D eigenvalue weighted by atomic mass is 15.3. The molecule has 1 aromatic heterocycles. The van der Waals surface area contributed by atoms with Gasteiger partial charge >= 0.3 is 0 Å². The third kappa shape index (κ3) is 1.76. The van der Waals surface area contributed by atoms with Crippen molar-refractivity contribution in [3.63, 3.8) is 0 Å². The summed E-state index contributed by atoms with van der Waals surface area (Å²) in [5, 5.41) is 7.47. The van der Waals surface area contributed by atoms with Crippen molar-refractivity contribution < 1.29 is 0 Å². The van der Waals surface area contributed by atoms with Gasteiger partial charge in [0.05, 0.1) is 23.8 Å². The number of hydrogen-bond donors (Lipinski definition) is 1. The third-order valence-electron chi connectivity index (χ3n) is 1.98. The zero-order valence-electron chi connectivity index (χ0n) is 8.14. The van der Waals surface area contributed by atoms with Crippen molar-refractivity contribution in [1.82, 2.24) is 9.78 Å². The van der Waals surface area contributed by atoms with Crippen LogP contribution in [0, 0.1) is 0 Å². The average molecular weight is 187 g/mol. The van der Waals surface area contributed by atoms with Gasteiger partial charge in [-0.25, -0.2) is 4.68 Å². The first kappa shape index (κ1) is 8.81. The molecule has 1 aromatic carbocycles. The fourth-order valence-electron chi connectivity index (χ4n) is 1.34. The van der Waals surface area contributed by atoms with Crippen molar-refractivity contribution in [3.8, 4) is 5.69 Å². The first-order valence-corrected chi connectivity index (χ1v) is 4.74. The molecule has 0 fully saturated rings. The summed E-state index contributed by atoms with van der Waals surface area (Å²) in [5.74, 6) is 0. The lowest BCUT2D eigenvalue weighted by Crippen LogP contribution is -1.95. The van der Waals surface area contributed by atoms with E-state index >= 15 is 0 Å². The van der Waals surface area contributed by atoms with Crippen LogP contribution in [0.25, 0.3) is 5.69 Å². The summed E-state index contributed by atoms with van der Waals surface area (Å²) in [5.41, 5.74) is 2.13. The van der Waals surface area contributed by atoms with Gasteiger partial charge in [0.1, 0.15) is 0 Å². The Morgan fingerprint density at radius 1 is 1.29 bits per heavy atom. The van der Waals surface area contributed by atoms with E-state index in [0.29, 0.717) is 0 Å². The summed E-state index contributed by atoms with van der Waals surface area (Å²) in [7, 11) is 0. The lowest BCUT2D eigenvalue weighted by atomic mass is 10.3. The predicted octanol–water partition coefficient (Wildman–Crippen LogP) is 2.30. The molecule has 2 aromatic rings. The summed E-state index contributed by atoms with van der Waals surface area (Å²) < 4.78 is 1.86. The van der Waals surface area contributed by atoms with E-state index in [9.17, 15) is 0 Å². The normalized spacial score (nSPS) is 10.1. The van der Waals surface area contributed by atoms with E-state index in [1.165, 1.54) is 0 Å². The highest BCUT2D eigenvalue weighted by Gasteiger charge is 1.97. The molecular formula is C11H13N3. The van der Waals surface area contributed by atoms with Crippen molar-refractivity contribution in [2.45, 2.75) is 6.92 Å². The maximum atomic E-state index is 4.26. The Morgan fingerprint density at radius 2 is 2.07 bits per heavy atom. The molecule has 0 unspecified atom stereocenters. The first-order chi connectivity index (χ1) is 6.90. The van der Waals surface area contributed by atoms with Gasteiger partial charge in [0.2, 0.25) is 0 Å². The molecule has 0 amide bonds. The summed E-state index contributed by atoms with van der Waals surface area (Å²) in [6.45, 7) is 2.99. The molecule has 1 heterocycles. The van der Waals surface area contributed by atoms with E-state index in [2.05, 4.69) is 17.3 Å². The van der Waals surface area contributed by atoms with Crippen LogP contribution in [0.4, 0.5) is 5.69 Å². The number of benzene rings is 1. The molecule has 0 aliphatic heterocycles. The van der Waals surface area contributed by atoms with Gasteiger partial charge in [0.25, 0.3) is 0 Å². The molecule has 72 valence electrons. The average Bonchev–Trinajstić information content (AvgIpc) is 2.68. The number of anilines is 1. The van der Waals surface area contributed by atoms with Crippen LogP contribution in [-0.2, 0) is 0 Å². The van der Waals surface area contributed by atoms with Gasteiger partial charge in [-0.1, -0.05) is 18.2 Å². The van der Waals surface area contributed by atoms with Crippen LogP contribution >= 0.6 is 0 Å². The minimum atomic E-state index is 0.917. The SMILES string of the molecule is CCNc1cnn(-c2ccccc2)c1. The lowest BCUT2D eigenvalue weighted by molar-refractivity contribution is 0.880. The molecule has 1 N–H and O–H groups in total. The molecule has 0 atom stereocenters. The topological polar surface area (TPSA) is 29.9 Å². The van der Waals surface area contributed by atoms with E-state index < -0.39 is 0 Å². The molecule has 3 heteroatoms. The first-order valence-electron chi connectivity index (χ1n) is 4.74. The second kappa shape index (κ2) is 3.96. The number of hydrogen-bond acceptors (Lipinski definition) is 2. The van der Waals surface area contributed by atoms with Gasteiger partial charge in [-0.15, -0.1) is 0 Å². The van der Waals surface area contributed by atoms with Crippen LogP contribution in [0.3, 0.4) is 0 Å². The lowest BCUT2D eigenvalue weighted by Gasteiger charge is -1.99. The Bertz CT molecular complexity index is 392. The standard InChI is InChI=1S/C11H13N3/c1-2-12-10-8-13-14(9-10)11-6-4-3-5-7-11/h3-9,12H,2H2,1H3. The maximum Gasteiger partial charge on any atom is 0.0731 e. The largest absolute Gasteiger partial charge is 0.383 e. The minimum absolute atomic E-state index is 0.917. The highest BCUT2D eigenvalue weighted by Crippen LogP contribution is 2.10. The summed E-state index contributed by atoms with van der Waals surface area (Å²) in [6, 6.07) is 10.1. The van der Waals surface area contributed by atoms with Crippen LogP contribution < -0.4 is 5.32 Å². The van der Waals surface area contributed by atoms with Gasteiger partial charge in [0, 0.05) is 6.54 Å². The number of para-hydroxylation sites is 1. The fourth-order valence-corrected chi connectivity index (χ4v) is 1.34. The smallest absolute Gasteiger partial charge is 0.0731 e. The number of nitrogens with one attached hydrogen (secondary N) is 1. The quantitative estimate of drug-likeness (QED) is 0.799. The Kier molecular flexibility index (Phi) is 2.49. The Balaban J connectivity index is 2.25. The van der Waals surface area contributed by atoms with E-state index in [-0.39, 0.29) is 0 Å². The Morgan fingerprint density at radius 3 is 2.79 bits per heavy atom. The van der Waals surface area contributed by atoms with Crippen molar-refractivity contribution in [1.29, 1.82) is 0 Å². The molecule has 3 nitrogen and oxygen atoms in total. The number of aromatic nitrogens is 2. The van der Waals surface area contributed by atoms with E-state index in [1.54, 1.807) is 0 Å². The van der Waals surface area contributed by atoms with E-state index in [0.717, 1.165) is 17.9 Å². The molecule has 2 rings (SSSR count). The highest BCUT2D eigenvalue weighted by molar-refractivity contribution is 5.42. The van der Waals surface area contributed by atoms with E-state index in [4.69, 9.17) is 0 Å². The van der Waals surface area contributed by atoms with Crippen LogP contribution in [0.1, 0.15) is 6.92 Å². The van der Waals surface area contributed by atoms with E-state index in [1.807, 2.05) is 47.4 Å². The van der Waals surface area contributed by atoms with Crippen molar-refractivity contribution >= 4 is 5.69 Å². The summed E-state index contributed by atoms with van der Waals surface area (Å²) >= 11 is 0. The van der Waals surface area contributed by atoms with Crippen molar-refractivity contribution in [2.75, 3.05) is 11.9 Å². The second-order valence-electron chi connectivity index (χ2n) is 3.04. The van der Waals surface area contributed by atoms with Crippen molar-refractivity contribution in [3.05, 3.63) is 42.7 Å². The molecule has 0 aliphatic rings. The van der Waals surface area contributed by atoms with Crippen molar-refractivity contribution in [2.24, 2.45) is 0 Å². The molecule has 0 radical (unpaired) electrons. The summed E-state index contributed by atoms with van der Waals surface area (Å²) in [6.07, 6.45) is 3.81. The Labute approximate surface area is 83.4 Å². The van der Waals surface area contributed by atoms with Crippen LogP contribution in [0.2, 0.25) is 0 Å². The van der Waals surface area contributed by atoms with Gasteiger partial charge in [-0.05, 0) is 19.1 Å². The summed E-state index contributed by atoms with van der Waals surface area (Å²) in [4.78, 5) is 0. The molecule has 0 saturated carbocycles. The van der Waals surface area contributed by atoms with Gasteiger partial charge in [-0.3, -0.25) is 0 Å². The molecule has 0 bridgehead atoms. The Hall–Kier alpha value is -1.77. The van der Waals surface area contributed by atoms with Gasteiger partial charge in [-0.2, -0.15) is 5.10 Å². The molecular weight excluding hydrogens is 174 g/mol. The minimum Gasteiger partial charge on any atom is -0.383 e. The maximum absolute atomic E-state index is 4.26. The number of rotatable bonds is 3. The van der Waals surface area contributed by atoms with Crippen LogP contribution in [0.15, 0.2) is 42.7 Å². The molecule has 0 aliphatic carbocycles. The zero-order chi connectivity index (χ0) is 9.80. The molecule has 14 heavy (non-hydrogen) atoms. The third-order valence-corrected chi connectivity index (χ3v) is 1.98. The number of nitrogens with zero attached hydrogens (tertiary/aromatic N) is 2. The molecule has 0 spiro atoms. The van der Waals surface area contributed by atoms with Crippen LogP contribution in [0.5, 0.6) is 0 Å². The van der Waals surface area contributed by atoms with Crippen LogP contribution in [-0.4, -0.2) is 16.3 Å². The second-order valence-corrected chi connectivity index (χ2v) is 3.04. The fraction of sp³-hybridized carbons (Fsp3) is 0.182. The molecule has 0 saturated heterocycles. The monoisotopic (exact) mass is 187 g/mol.